The van der Waals surface area contributed by atoms with Gasteiger partial charge in [0, 0.05) is 5.56 Å². The first-order valence-corrected chi connectivity index (χ1v) is 9.18. The van der Waals surface area contributed by atoms with Crippen molar-refractivity contribution in [2.45, 2.75) is 13.8 Å². The Morgan fingerprint density at radius 2 is 1.70 bits per heavy atom. The standard InChI is InChI=1S/C23H17FN2O4/c1-13-4-3-5-19(14(13)2)26-22(28)18(21(27)25-23(26)29)12-17-10-11-20(30-17)15-6-8-16(24)9-7-15/h3-12H,1-2H3,(H,25,27,29)/b18-12+. The summed E-state index contributed by atoms with van der Waals surface area (Å²) in [4.78, 5) is 38.7. The number of carbonyl (C=O) groups excluding carboxylic acids is 3. The second kappa shape index (κ2) is 7.44. The lowest BCUT2D eigenvalue weighted by atomic mass is 10.0. The van der Waals surface area contributed by atoms with Crippen LogP contribution in [-0.2, 0) is 9.59 Å². The quantitative estimate of drug-likeness (QED) is 0.519. The number of rotatable bonds is 3. The number of anilines is 1. The van der Waals surface area contributed by atoms with Crippen molar-refractivity contribution in [1.29, 1.82) is 0 Å². The lowest BCUT2D eigenvalue weighted by Crippen LogP contribution is -2.54. The van der Waals surface area contributed by atoms with Crippen LogP contribution in [0.2, 0.25) is 0 Å². The largest absolute Gasteiger partial charge is 0.457 e. The lowest BCUT2D eigenvalue weighted by Gasteiger charge is -2.27. The van der Waals surface area contributed by atoms with Crippen molar-refractivity contribution in [3.05, 3.63) is 82.9 Å². The molecular weight excluding hydrogens is 387 g/mol. The number of halogens is 1. The van der Waals surface area contributed by atoms with Gasteiger partial charge < -0.3 is 4.42 Å². The van der Waals surface area contributed by atoms with Crippen LogP contribution in [0.4, 0.5) is 14.9 Å². The van der Waals surface area contributed by atoms with Crippen molar-refractivity contribution in [3.63, 3.8) is 0 Å². The maximum atomic E-state index is 13.1. The van der Waals surface area contributed by atoms with Gasteiger partial charge in [-0.05, 0) is 73.5 Å². The topological polar surface area (TPSA) is 79.6 Å². The molecule has 30 heavy (non-hydrogen) atoms. The van der Waals surface area contributed by atoms with E-state index in [9.17, 15) is 18.8 Å². The van der Waals surface area contributed by atoms with Crippen molar-refractivity contribution in [3.8, 4) is 11.3 Å². The molecule has 2 heterocycles. The zero-order valence-electron chi connectivity index (χ0n) is 16.2. The summed E-state index contributed by atoms with van der Waals surface area (Å²) in [6, 6.07) is 13.4. The van der Waals surface area contributed by atoms with Crippen LogP contribution in [0.1, 0.15) is 16.9 Å². The summed E-state index contributed by atoms with van der Waals surface area (Å²) in [7, 11) is 0. The van der Waals surface area contributed by atoms with E-state index in [0.717, 1.165) is 16.0 Å². The molecule has 1 aliphatic rings. The zero-order chi connectivity index (χ0) is 21.4. The van der Waals surface area contributed by atoms with Crippen molar-refractivity contribution in [2.24, 2.45) is 0 Å². The van der Waals surface area contributed by atoms with Gasteiger partial charge in [0.2, 0.25) is 0 Å². The molecule has 0 bridgehead atoms. The molecule has 1 aromatic heterocycles. The van der Waals surface area contributed by atoms with Gasteiger partial charge in [0.15, 0.2) is 0 Å². The van der Waals surface area contributed by atoms with E-state index in [0.29, 0.717) is 17.0 Å². The number of furan rings is 1. The Morgan fingerprint density at radius 3 is 2.43 bits per heavy atom. The predicted molar refractivity (Wildman–Crippen MR) is 109 cm³/mol. The van der Waals surface area contributed by atoms with Crippen molar-refractivity contribution < 1.29 is 23.2 Å². The van der Waals surface area contributed by atoms with Crippen LogP contribution in [0, 0.1) is 19.7 Å². The van der Waals surface area contributed by atoms with Crippen LogP contribution in [0.25, 0.3) is 17.4 Å². The zero-order valence-corrected chi connectivity index (χ0v) is 16.2. The average molecular weight is 404 g/mol. The first kappa shape index (κ1) is 19.3. The molecule has 1 saturated heterocycles. The van der Waals surface area contributed by atoms with E-state index >= 15 is 0 Å². The molecule has 0 unspecified atom stereocenters. The number of aryl methyl sites for hydroxylation is 1. The van der Waals surface area contributed by atoms with Gasteiger partial charge in [0.1, 0.15) is 22.9 Å². The van der Waals surface area contributed by atoms with Crippen molar-refractivity contribution in [2.75, 3.05) is 4.90 Å². The first-order chi connectivity index (χ1) is 14.3. The molecular formula is C23H17FN2O4. The molecule has 4 rings (SSSR count). The minimum absolute atomic E-state index is 0.226. The minimum atomic E-state index is -0.803. The fourth-order valence-electron chi connectivity index (χ4n) is 3.20. The second-order valence-electron chi connectivity index (χ2n) is 6.89. The molecule has 1 aliphatic heterocycles. The summed E-state index contributed by atoms with van der Waals surface area (Å²) in [5.41, 5.74) is 2.49. The molecule has 6 nitrogen and oxygen atoms in total. The molecule has 1 fully saturated rings. The molecule has 0 atom stereocenters. The van der Waals surface area contributed by atoms with Crippen LogP contribution in [-0.4, -0.2) is 17.8 Å². The Hall–Kier alpha value is -4.00. The highest BCUT2D eigenvalue weighted by molar-refractivity contribution is 6.39. The number of hydrogen-bond acceptors (Lipinski definition) is 4. The minimum Gasteiger partial charge on any atom is -0.457 e. The highest BCUT2D eigenvalue weighted by atomic mass is 19.1. The van der Waals surface area contributed by atoms with Gasteiger partial charge in [-0.2, -0.15) is 0 Å². The Kier molecular flexibility index (Phi) is 4.79. The van der Waals surface area contributed by atoms with Gasteiger partial charge in [-0.1, -0.05) is 12.1 Å². The van der Waals surface area contributed by atoms with E-state index in [1.165, 1.54) is 18.2 Å². The van der Waals surface area contributed by atoms with Crippen molar-refractivity contribution >= 4 is 29.6 Å². The monoisotopic (exact) mass is 404 g/mol. The number of barbiturate groups is 1. The number of amides is 4. The number of benzene rings is 2. The van der Waals surface area contributed by atoms with Crippen LogP contribution in [0.5, 0.6) is 0 Å². The maximum Gasteiger partial charge on any atom is 0.335 e. The number of imide groups is 2. The molecule has 7 heteroatoms. The summed E-state index contributed by atoms with van der Waals surface area (Å²) in [6.45, 7) is 3.67. The highest BCUT2D eigenvalue weighted by Crippen LogP contribution is 2.28. The normalized spacial score (nSPS) is 15.6. The van der Waals surface area contributed by atoms with E-state index in [1.54, 1.807) is 43.3 Å². The molecule has 0 radical (unpaired) electrons. The first-order valence-electron chi connectivity index (χ1n) is 9.18. The predicted octanol–water partition coefficient (Wildman–Crippen LogP) is 4.37. The molecule has 0 spiro atoms. The summed E-state index contributed by atoms with van der Waals surface area (Å²) < 4.78 is 18.8. The van der Waals surface area contributed by atoms with Gasteiger partial charge >= 0.3 is 6.03 Å². The Bertz CT molecular complexity index is 1210. The number of carbonyl (C=O) groups is 3. The van der Waals surface area contributed by atoms with E-state index in [2.05, 4.69) is 5.32 Å². The fraction of sp³-hybridized carbons (Fsp3) is 0.0870. The summed E-state index contributed by atoms with van der Waals surface area (Å²) in [5, 5.41) is 2.20. The van der Waals surface area contributed by atoms with Gasteiger partial charge in [0.05, 0.1) is 5.69 Å². The molecule has 4 amide bonds. The molecule has 2 aromatic carbocycles. The SMILES string of the molecule is Cc1cccc(N2C(=O)NC(=O)/C(=C\c3ccc(-c4ccc(F)cc4)o3)C2=O)c1C. The number of hydrogen-bond donors (Lipinski definition) is 1. The lowest BCUT2D eigenvalue weighted by molar-refractivity contribution is -0.122. The molecule has 0 saturated carbocycles. The van der Waals surface area contributed by atoms with Crippen LogP contribution in [0.15, 0.2) is 64.6 Å². The van der Waals surface area contributed by atoms with Gasteiger partial charge in [-0.15, -0.1) is 0 Å². The Balaban J connectivity index is 1.70. The average Bonchev–Trinajstić information content (AvgIpc) is 3.17. The van der Waals surface area contributed by atoms with E-state index in [1.807, 2.05) is 13.0 Å². The second-order valence-corrected chi connectivity index (χ2v) is 6.89. The third-order valence-electron chi connectivity index (χ3n) is 4.96. The van der Waals surface area contributed by atoms with Crippen molar-refractivity contribution in [1.82, 2.24) is 5.32 Å². The van der Waals surface area contributed by atoms with Gasteiger partial charge in [0.25, 0.3) is 11.8 Å². The smallest absolute Gasteiger partial charge is 0.335 e. The Labute approximate surface area is 171 Å². The summed E-state index contributed by atoms with van der Waals surface area (Å²) in [6.07, 6.45) is 1.29. The number of nitrogens with zero attached hydrogens (tertiary/aromatic N) is 1. The number of urea groups is 1. The van der Waals surface area contributed by atoms with Crippen LogP contribution >= 0.6 is 0 Å². The molecule has 0 aliphatic carbocycles. The summed E-state index contributed by atoms with van der Waals surface area (Å²) in [5.74, 6) is -1.20. The van der Waals surface area contributed by atoms with E-state index < -0.39 is 17.8 Å². The van der Waals surface area contributed by atoms with E-state index in [4.69, 9.17) is 4.42 Å². The molecule has 1 N–H and O–H groups in total. The maximum absolute atomic E-state index is 13.1. The Morgan fingerprint density at radius 1 is 0.967 bits per heavy atom. The third kappa shape index (κ3) is 3.41. The fourth-order valence-corrected chi connectivity index (χ4v) is 3.20. The van der Waals surface area contributed by atoms with Gasteiger partial charge in [-0.25, -0.2) is 14.1 Å². The highest BCUT2D eigenvalue weighted by Gasteiger charge is 2.37. The molecule has 150 valence electrons. The third-order valence-corrected chi connectivity index (χ3v) is 4.96. The van der Waals surface area contributed by atoms with Crippen LogP contribution in [0.3, 0.4) is 0 Å². The van der Waals surface area contributed by atoms with E-state index in [-0.39, 0.29) is 17.2 Å². The van der Waals surface area contributed by atoms with Gasteiger partial charge in [-0.3, -0.25) is 14.9 Å². The molecule has 3 aromatic rings. The summed E-state index contributed by atoms with van der Waals surface area (Å²) >= 11 is 0. The number of nitrogens with one attached hydrogen (secondary N) is 1. The van der Waals surface area contributed by atoms with Crippen LogP contribution < -0.4 is 10.2 Å².